The van der Waals surface area contributed by atoms with E-state index in [0.717, 1.165) is 12.8 Å². The maximum absolute atomic E-state index is 11.7. The van der Waals surface area contributed by atoms with Gasteiger partial charge in [0.2, 0.25) is 0 Å². The zero-order valence-electron chi connectivity index (χ0n) is 9.87. The van der Waals surface area contributed by atoms with Gasteiger partial charge in [0.05, 0.1) is 5.92 Å². The summed E-state index contributed by atoms with van der Waals surface area (Å²) in [7, 11) is 0. The highest BCUT2D eigenvalue weighted by Crippen LogP contribution is 2.27. The van der Waals surface area contributed by atoms with Crippen molar-refractivity contribution < 1.29 is 9.53 Å². The number of rotatable bonds is 4. The van der Waals surface area contributed by atoms with Gasteiger partial charge in [0.25, 0.3) is 0 Å². The van der Waals surface area contributed by atoms with Crippen LogP contribution in [0.15, 0.2) is 0 Å². The van der Waals surface area contributed by atoms with Gasteiger partial charge in [0, 0.05) is 0 Å². The van der Waals surface area contributed by atoms with Gasteiger partial charge in [-0.05, 0) is 38.1 Å². The molecule has 1 aliphatic rings. The van der Waals surface area contributed by atoms with Gasteiger partial charge in [0.1, 0.15) is 6.10 Å². The number of hydrogen-bond donors (Lipinski definition) is 1. The average Bonchev–Trinajstić information content (AvgIpc) is 2.21. The zero-order chi connectivity index (χ0) is 11.3. The fraction of sp³-hybridized carbons (Fsp3) is 0.917. The van der Waals surface area contributed by atoms with Crippen molar-refractivity contribution in [3.8, 4) is 0 Å². The third kappa shape index (κ3) is 3.82. The molecule has 1 saturated carbocycles. The van der Waals surface area contributed by atoms with E-state index in [1.165, 1.54) is 19.3 Å². The van der Waals surface area contributed by atoms with Crippen molar-refractivity contribution in [2.45, 2.75) is 52.1 Å². The molecule has 1 rings (SSSR count). The van der Waals surface area contributed by atoms with Crippen LogP contribution >= 0.6 is 0 Å². The van der Waals surface area contributed by atoms with Crippen LogP contribution in [-0.4, -0.2) is 18.6 Å². The number of ether oxygens (including phenoxy) is 1. The van der Waals surface area contributed by atoms with Crippen molar-refractivity contribution in [2.75, 3.05) is 6.54 Å². The van der Waals surface area contributed by atoms with Crippen LogP contribution in [0.25, 0.3) is 0 Å². The normalized spacial score (nSPS) is 28.5. The molecule has 1 aliphatic carbocycles. The summed E-state index contributed by atoms with van der Waals surface area (Å²) in [5.41, 5.74) is 5.42. The third-order valence-corrected chi connectivity index (χ3v) is 3.30. The molecule has 88 valence electrons. The number of nitrogens with two attached hydrogens (primary N) is 1. The highest BCUT2D eigenvalue weighted by molar-refractivity contribution is 5.72. The summed E-state index contributed by atoms with van der Waals surface area (Å²) >= 11 is 0. The molecule has 3 unspecified atom stereocenters. The van der Waals surface area contributed by atoms with Crippen LogP contribution in [0.1, 0.15) is 46.0 Å². The fourth-order valence-electron chi connectivity index (χ4n) is 2.09. The second-order valence-electron chi connectivity index (χ2n) is 4.72. The minimum Gasteiger partial charge on any atom is -0.462 e. The Bertz CT molecular complexity index is 206. The molecule has 1 fully saturated rings. The molecule has 3 atom stereocenters. The van der Waals surface area contributed by atoms with Gasteiger partial charge in [0.15, 0.2) is 0 Å². The second-order valence-corrected chi connectivity index (χ2v) is 4.72. The molecule has 0 aromatic heterocycles. The molecule has 3 heteroatoms. The molecule has 0 radical (unpaired) electrons. The number of carbonyl (C=O) groups is 1. The highest BCUT2D eigenvalue weighted by atomic mass is 16.5. The summed E-state index contributed by atoms with van der Waals surface area (Å²) in [5, 5.41) is 0. The Morgan fingerprint density at radius 3 is 2.73 bits per heavy atom. The van der Waals surface area contributed by atoms with Crippen LogP contribution in [0.3, 0.4) is 0 Å². The first-order chi connectivity index (χ1) is 7.15. The molecular formula is C12H23NO2. The maximum atomic E-state index is 11.7. The van der Waals surface area contributed by atoms with Crippen LogP contribution < -0.4 is 5.73 Å². The minimum absolute atomic E-state index is 0.0517. The molecule has 0 amide bonds. The van der Waals surface area contributed by atoms with Crippen molar-refractivity contribution in [3.63, 3.8) is 0 Å². The van der Waals surface area contributed by atoms with Gasteiger partial charge in [-0.1, -0.05) is 20.3 Å². The van der Waals surface area contributed by atoms with E-state index in [-0.39, 0.29) is 18.0 Å². The summed E-state index contributed by atoms with van der Waals surface area (Å²) in [4.78, 5) is 11.7. The molecule has 0 aromatic rings. The quantitative estimate of drug-likeness (QED) is 0.727. The van der Waals surface area contributed by atoms with Crippen molar-refractivity contribution in [1.82, 2.24) is 0 Å². The summed E-state index contributed by atoms with van der Waals surface area (Å²) in [6, 6.07) is 0. The molecular weight excluding hydrogens is 190 g/mol. The van der Waals surface area contributed by atoms with Crippen LogP contribution in [0.4, 0.5) is 0 Å². The molecule has 3 nitrogen and oxygen atoms in total. The zero-order valence-corrected chi connectivity index (χ0v) is 9.87. The Balaban J connectivity index is 2.35. The monoisotopic (exact) mass is 213 g/mol. The van der Waals surface area contributed by atoms with Crippen molar-refractivity contribution in [3.05, 3.63) is 0 Å². The van der Waals surface area contributed by atoms with E-state index in [9.17, 15) is 4.79 Å². The van der Waals surface area contributed by atoms with Crippen LogP contribution in [0, 0.1) is 11.8 Å². The SMILES string of the molecule is CC(CCN)C(=O)OC1CCCCC1C. The first-order valence-electron chi connectivity index (χ1n) is 6.05. The predicted molar refractivity (Wildman–Crippen MR) is 60.3 cm³/mol. The summed E-state index contributed by atoms with van der Waals surface area (Å²) in [6.45, 7) is 4.61. The van der Waals surface area contributed by atoms with Crippen LogP contribution in [-0.2, 0) is 9.53 Å². The lowest BCUT2D eigenvalue weighted by Gasteiger charge is -2.29. The molecule has 0 heterocycles. The second kappa shape index (κ2) is 6.11. The Morgan fingerprint density at radius 1 is 1.47 bits per heavy atom. The summed E-state index contributed by atoms with van der Waals surface area (Å²) < 4.78 is 5.52. The fourth-order valence-corrected chi connectivity index (χ4v) is 2.09. The Kier molecular flexibility index (Phi) is 5.09. The van der Waals surface area contributed by atoms with E-state index >= 15 is 0 Å². The first kappa shape index (κ1) is 12.5. The molecule has 0 spiro atoms. The lowest BCUT2D eigenvalue weighted by molar-refractivity contribution is -0.157. The largest absolute Gasteiger partial charge is 0.462 e. The Labute approximate surface area is 92.4 Å². The molecule has 2 N–H and O–H groups in total. The lowest BCUT2D eigenvalue weighted by atomic mass is 9.88. The van der Waals surface area contributed by atoms with Gasteiger partial charge in [-0.3, -0.25) is 4.79 Å². The van der Waals surface area contributed by atoms with E-state index in [1.807, 2.05) is 6.92 Å². The topological polar surface area (TPSA) is 52.3 Å². The number of carbonyl (C=O) groups excluding carboxylic acids is 1. The molecule has 0 saturated heterocycles. The molecule has 15 heavy (non-hydrogen) atoms. The minimum atomic E-state index is -0.0702. The van der Waals surface area contributed by atoms with Crippen molar-refractivity contribution in [1.29, 1.82) is 0 Å². The average molecular weight is 213 g/mol. The Morgan fingerprint density at radius 2 is 2.13 bits per heavy atom. The Hall–Kier alpha value is -0.570. The van der Waals surface area contributed by atoms with E-state index in [0.29, 0.717) is 12.5 Å². The van der Waals surface area contributed by atoms with Gasteiger partial charge in [-0.2, -0.15) is 0 Å². The predicted octanol–water partition coefficient (Wildman–Crippen LogP) is 2.09. The smallest absolute Gasteiger partial charge is 0.308 e. The van der Waals surface area contributed by atoms with E-state index in [2.05, 4.69) is 6.92 Å². The standard InChI is InChI=1S/C12H23NO2/c1-9-5-3-4-6-11(9)15-12(14)10(2)7-8-13/h9-11H,3-8,13H2,1-2H3. The van der Waals surface area contributed by atoms with E-state index in [4.69, 9.17) is 10.5 Å². The number of esters is 1. The van der Waals surface area contributed by atoms with Gasteiger partial charge in [-0.15, -0.1) is 0 Å². The van der Waals surface area contributed by atoms with Crippen molar-refractivity contribution in [2.24, 2.45) is 17.6 Å². The van der Waals surface area contributed by atoms with E-state index < -0.39 is 0 Å². The summed E-state index contributed by atoms with van der Waals surface area (Å²) in [5.74, 6) is 0.399. The molecule has 0 bridgehead atoms. The molecule has 0 aromatic carbocycles. The van der Waals surface area contributed by atoms with Crippen LogP contribution in [0.2, 0.25) is 0 Å². The maximum Gasteiger partial charge on any atom is 0.308 e. The van der Waals surface area contributed by atoms with Gasteiger partial charge < -0.3 is 10.5 Å². The first-order valence-corrected chi connectivity index (χ1v) is 6.05. The lowest BCUT2D eigenvalue weighted by Crippen LogP contribution is -2.31. The number of hydrogen-bond acceptors (Lipinski definition) is 3. The molecule has 0 aliphatic heterocycles. The highest BCUT2D eigenvalue weighted by Gasteiger charge is 2.26. The summed E-state index contributed by atoms with van der Waals surface area (Å²) in [6.07, 6.45) is 5.54. The van der Waals surface area contributed by atoms with E-state index in [1.54, 1.807) is 0 Å². The third-order valence-electron chi connectivity index (χ3n) is 3.30. The van der Waals surface area contributed by atoms with Crippen LogP contribution in [0.5, 0.6) is 0 Å². The van der Waals surface area contributed by atoms with Gasteiger partial charge in [-0.25, -0.2) is 0 Å². The van der Waals surface area contributed by atoms with Crippen molar-refractivity contribution >= 4 is 5.97 Å². The van der Waals surface area contributed by atoms with Gasteiger partial charge >= 0.3 is 5.97 Å².